The number of hydrogen-bond acceptors (Lipinski definition) is 7. The summed E-state index contributed by atoms with van der Waals surface area (Å²) >= 11 is 5.98. The maximum Gasteiger partial charge on any atom is 0.273 e. The van der Waals surface area contributed by atoms with E-state index in [4.69, 9.17) is 11.6 Å². The number of halogens is 2. The highest BCUT2D eigenvalue weighted by Crippen LogP contribution is 2.30. The normalized spacial score (nSPS) is 19.8. The third-order valence-electron chi connectivity index (χ3n) is 6.97. The minimum absolute atomic E-state index is 0.0246. The second-order valence-corrected chi connectivity index (χ2v) is 11.8. The van der Waals surface area contributed by atoms with Gasteiger partial charge < -0.3 is 24.7 Å². The zero-order valence-corrected chi connectivity index (χ0v) is 21.0. The Bertz CT molecular complexity index is 1350. The molecule has 12 heteroatoms. The summed E-state index contributed by atoms with van der Waals surface area (Å²) in [5.41, 5.74) is 0.476. The molecule has 0 aromatic heterocycles. The van der Waals surface area contributed by atoms with Crippen LogP contribution in [0.3, 0.4) is 0 Å². The Labute approximate surface area is 213 Å². The van der Waals surface area contributed by atoms with Gasteiger partial charge in [-0.05, 0) is 47.9 Å². The van der Waals surface area contributed by atoms with Crippen LogP contribution < -0.4 is 0 Å². The van der Waals surface area contributed by atoms with Crippen LogP contribution in [0.1, 0.15) is 12.8 Å². The molecule has 0 unspecified atom stereocenters. The fourth-order valence-corrected chi connectivity index (χ4v) is 6.54. The molecule has 2 amide bonds. The topological polar surface area (TPSA) is 101 Å². The number of sulfone groups is 1. The van der Waals surface area contributed by atoms with E-state index in [1.165, 1.54) is 28.1 Å². The summed E-state index contributed by atoms with van der Waals surface area (Å²) in [4.78, 5) is 32.0. The first kappa shape index (κ1) is 24.8. The van der Waals surface area contributed by atoms with Crippen molar-refractivity contribution in [1.82, 2.24) is 19.6 Å². The maximum absolute atomic E-state index is 12.9. The summed E-state index contributed by atoms with van der Waals surface area (Å²) in [6.45, 7) is 0.657. The number of aliphatic hydroxyl groups is 1. The van der Waals surface area contributed by atoms with Gasteiger partial charge in [-0.15, -0.1) is 0 Å². The molecule has 0 radical (unpaired) electrons. The molecule has 2 saturated heterocycles. The SMILES string of the molecule is O=C([C@H](O)CS(=O)(=O)c1ccc2cc(Cl)ccc2c1)N1CCC(N2CN3CN(CF)C=C3C2=O)CC1. The smallest absolute Gasteiger partial charge is 0.273 e. The number of carbonyl (C=O) groups excluding carboxylic acids is 2. The van der Waals surface area contributed by atoms with Crippen LogP contribution in [0, 0.1) is 0 Å². The lowest BCUT2D eigenvalue weighted by atomic mass is 10.0. The number of rotatable bonds is 6. The molecule has 2 aromatic carbocycles. The van der Waals surface area contributed by atoms with Crippen LogP contribution in [0.2, 0.25) is 5.02 Å². The Morgan fingerprint density at radius 3 is 2.50 bits per heavy atom. The molecule has 36 heavy (non-hydrogen) atoms. The Morgan fingerprint density at radius 2 is 1.81 bits per heavy atom. The lowest BCUT2D eigenvalue weighted by Crippen LogP contribution is -2.51. The van der Waals surface area contributed by atoms with Crippen molar-refractivity contribution < 1.29 is 27.5 Å². The molecule has 0 bridgehead atoms. The van der Waals surface area contributed by atoms with Gasteiger partial charge in [-0.25, -0.2) is 12.8 Å². The Balaban J connectivity index is 1.18. The molecule has 0 spiro atoms. The lowest BCUT2D eigenvalue weighted by molar-refractivity contribution is -0.141. The number of nitrogens with zero attached hydrogens (tertiary/aromatic N) is 4. The van der Waals surface area contributed by atoms with E-state index >= 15 is 0 Å². The largest absolute Gasteiger partial charge is 0.382 e. The zero-order valence-electron chi connectivity index (χ0n) is 19.4. The highest BCUT2D eigenvalue weighted by atomic mass is 35.5. The summed E-state index contributed by atoms with van der Waals surface area (Å²) in [6, 6.07) is 9.61. The minimum Gasteiger partial charge on any atom is -0.382 e. The van der Waals surface area contributed by atoms with Gasteiger partial charge in [-0.3, -0.25) is 9.59 Å². The monoisotopic (exact) mass is 536 g/mol. The average molecular weight is 537 g/mol. The van der Waals surface area contributed by atoms with Crippen molar-refractivity contribution in [2.45, 2.75) is 29.9 Å². The molecule has 1 N–H and O–H groups in total. The lowest BCUT2D eigenvalue weighted by Gasteiger charge is -2.37. The molecule has 192 valence electrons. The van der Waals surface area contributed by atoms with Crippen molar-refractivity contribution in [1.29, 1.82) is 0 Å². The molecule has 0 aliphatic carbocycles. The Kier molecular flexibility index (Phi) is 6.56. The number of benzene rings is 2. The molecular formula is C24H26ClFN4O5S. The van der Waals surface area contributed by atoms with Gasteiger partial charge in [-0.1, -0.05) is 23.7 Å². The summed E-state index contributed by atoms with van der Waals surface area (Å²) in [6.07, 6.45) is 0.863. The number of carbonyl (C=O) groups is 2. The van der Waals surface area contributed by atoms with E-state index in [2.05, 4.69) is 0 Å². The molecule has 9 nitrogen and oxygen atoms in total. The van der Waals surface area contributed by atoms with Crippen LogP contribution in [0.15, 0.2) is 53.2 Å². The number of piperidine rings is 1. The number of amides is 2. The van der Waals surface area contributed by atoms with E-state index in [0.717, 1.165) is 5.39 Å². The van der Waals surface area contributed by atoms with Crippen molar-refractivity contribution in [2.24, 2.45) is 0 Å². The first-order valence-electron chi connectivity index (χ1n) is 11.6. The van der Waals surface area contributed by atoms with E-state index in [0.29, 0.717) is 55.4 Å². The van der Waals surface area contributed by atoms with Gasteiger partial charge in [0.1, 0.15) is 11.8 Å². The van der Waals surface area contributed by atoms with Crippen LogP contribution in [0.4, 0.5) is 4.39 Å². The fourth-order valence-electron chi connectivity index (χ4n) is 5.02. The predicted molar refractivity (Wildman–Crippen MR) is 131 cm³/mol. The second-order valence-electron chi connectivity index (χ2n) is 9.33. The van der Waals surface area contributed by atoms with Gasteiger partial charge in [0.25, 0.3) is 11.8 Å². The van der Waals surface area contributed by atoms with E-state index in [9.17, 15) is 27.5 Å². The van der Waals surface area contributed by atoms with Crippen LogP contribution in [-0.4, -0.2) is 96.1 Å². The predicted octanol–water partition coefficient (Wildman–Crippen LogP) is 1.76. The number of alkyl halides is 1. The van der Waals surface area contributed by atoms with Crippen molar-refractivity contribution in [2.75, 3.05) is 39.0 Å². The van der Waals surface area contributed by atoms with E-state index < -0.39 is 34.4 Å². The Morgan fingerprint density at radius 1 is 1.11 bits per heavy atom. The highest BCUT2D eigenvalue weighted by molar-refractivity contribution is 7.91. The number of fused-ring (bicyclic) bond motifs is 2. The minimum atomic E-state index is -3.92. The number of aliphatic hydroxyl groups excluding tert-OH is 1. The number of hydrogen-bond donors (Lipinski definition) is 1. The third-order valence-corrected chi connectivity index (χ3v) is 8.93. The third kappa shape index (κ3) is 4.62. The van der Waals surface area contributed by atoms with Crippen molar-refractivity contribution >= 4 is 44.0 Å². The first-order chi connectivity index (χ1) is 17.2. The molecule has 3 aliphatic heterocycles. The van der Waals surface area contributed by atoms with Crippen LogP contribution in [0.25, 0.3) is 10.8 Å². The first-order valence-corrected chi connectivity index (χ1v) is 13.7. The second kappa shape index (κ2) is 9.53. The van der Waals surface area contributed by atoms with Crippen LogP contribution in [0.5, 0.6) is 0 Å². The quantitative estimate of drug-likeness (QED) is 0.561. The van der Waals surface area contributed by atoms with Gasteiger partial charge in [0.05, 0.1) is 24.0 Å². The molecule has 5 rings (SSSR count). The van der Waals surface area contributed by atoms with Crippen molar-refractivity contribution in [3.63, 3.8) is 0 Å². The standard InChI is InChI=1S/C24H26ClFN4O5S/c25-18-3-1-17-10-20(4-2-16(17)9-18)36(34,35)12-22(31)24(33)28-7-5-19(6-8-28)30-15-29-14-27(13-26)11-21(29)23(30)32/h1-4,9-11,19,22,31H,5-8,12-15H2/t22-/m1/s1. The van der Waals surface area contributed by atoms with Crippen molar-refractivity contribution in [3.05, 3.63) is 53.3 Å². The summed E-state index contributed by atoms with van der Waals surface area (Å²) < 4.78 is 38.7. The molecule has 0 saturated carbocycles. The van der Waals surface area contributed by atoms with Gasteiger partial charge in [0.15, 0.2) is 16.6 Å². The molecule has 2 fully saturated rings. The average Bonchev–Trinajstić information content (AvgIpc) is 3.41. The van der Waals surface area contributed by atoms with Gasteiger partial charge >= 0.3 is 0 Å². The van der Waals surface area contributed by atoms with E-state index in [-0.39, 0.29) is 16.8 Å². The molecule has 3 aliphatic rings. The molecule has 1 atom stereocenters. The van der Waals surface area contributed by atoms with E-state index in [1.807, 2.05) is 4.90 Å². The summed E-state index contributed by atoms with van der Waals surface area (Å²) in [5.74, 6) is -1.51. The van der Waals surface area contributed by atoms with E-state index in [1.54, 1.807) is 29.2 Å². The number of likely N-dealkylation sites (tertiary alicyclic amines) is 1. The zero-order chi connectivity index (χ0) is 25.6. The Hall–Kier alpha value is -2.89. The highest BCUT2D eigenvalue weighted by Gasteiger charge is 2.42. The maximum atomic E-state index is 12.9. The van der Waals surface area contributed by atoms with Gasteiger partial charge in [0, 0.05) is 30.4 Å². The molecular weight excluding hydrogens is 511 g/mol. The fraction of sp³-hybridized carbons (Fsp3) is 0.417. The molecule has 2 aromatic rings. The summed E-state index contributed by atoms with van der Waals surface area (Å²) in [5, 5.41) is 12.5. The molecule has 3 heterocycles. The van der Waals surface area contributed by atoms with Crippen molar-refractivity contribution in [3.8, 4) is 0 Å². The van der Waals surface area contributed by atoms with Crippen LogP contribution >= 0.6 is 11.6 Å². The van der Waals surface area contributed by atoms with Crippen LogP contribution in [-0.2, 0) is 19.4 Å². The summed E-state index contributed by atoms with van der Waals surface area (Å²) in [7, 11) is -3.92. The van der Waals surface area contributed by atoms with Gasteiger partial charge in [-0.2, -0.15) is 0 Å². The van der Waals surface area contributed by atoms with Gasteiger partial charge in [0.2, 0.25) is 0 Å².